The van der Waals surface area contributed by atoms with Gasteiger partial charge >= 0.3 is 17.9 Å². The molecule has 9 N–H and O–H groups in total. The number of hydrogen-bond donors (Lipinski definition) is 8. The van der Waals surface area contributed by atoms with E-state index in [9.17, 15) is 39.0 Å². The molecule has 14 heteroatoms. The lowest BCUT2D eigenvalue weighted by atomic mass is 10.0. The number of carbonyl (C=O) groups excluding carboxylic acids is 3. The van der Waals surface area contributed by atoms with Crippen LogP contribution in [0.4, 0.5) is 0 Å². The van der Waals surface area contributed by atoms with Crippen LogP contribution in [-0.4, -0.2) is 86.8 Å². The van der Waals surface area contributed by atoms with Crippen LogP contribution in [0.15, 0.2) is 30.3 Å². The second kappa shape index (κ2) is 14.3. The van der Waals surface area contributed by atoms with Crippen LogP contribution in [0, 0.1) is 0 Å². The summed E-state index contributed by atoms with van der Waals surface area (Å²) in [4.78, 5) is 70.4. The Morgan fingerprint density at radius 2 is 1.31 bits per heavy atom. The molecule has 1 rings (SSSR count). The van der Waals surface area contributed by atoms with Gasteiger partial charge in [0.25, 0.3) is 0 Å². The van der Waals surface area contributed by atoms with Crippen molar-refractivity contribution >= 4 is 35.6 Å². The summed E-state index contributed by atoms with van der Waals surface area (Å²) in [5.74, 6) is -7.08. The highest BCUT2D eigenvalue weighted by molar-refractivity contribution is 5.95. The lowest BCUT2D eigenvalue weighted by molar-refractivity contribution is -0.143. The molecular formula is C21H28N4O10. The Hall–Kier alpha value is -4.04. The standard InChI is InChI=1S/C21H28N4O10/c22-12(9-17(29)30)18(31)24-14(8-11-4-2-1-3-5-11)19(32)25-15(10-26)20(33)23-13(21(34)35)6-7-16(27)28/h1-5,12-15,26H,6-10,22H2,(H,23,33)(H,24,31)(H,25,32)(H,27,28)(H,29,30)(H,34,35). The Bertz CT molecular complexity index is 924. The van der Waals surface area contributed by atoms with Gasteiger partial charge in [0, 0.05) is 12.8 Å². The number of aliphatic hydroxyl groups excluding tert-OH is 1. The van der Waals surface area contributed by atoms with E-state index < -0.39 is 85.7 Å². The highest BCUT2D eigenvalue weighted by atomic mass is 16.4. The molecule has 0 aliphatic rings. The van der Waals surface area contributed by atoms with Crippen molar-refractivity contribution in [2.45, 2.75) is 49.9 Å². The molecule has 4 atom stereocenters. The molecule has 14 nitrogen and oxygen atoms in total. The van der Waals surface area contributed by atoms with Crippen molar-refractivity contribution in [1.82, 2.24) is 16.0 Å². The third kappa shape index (κ3) is 10.6. The quantitative estimate of drug-likeness (QED) is 0.125. The Morgan fingerprint density at radius 3 is 1.83 bits per heavy atom. The van der Waals surface area contributed by atoms with Crippen LogP contribution in [0.2, 0.25) is 0 Å². The third-order valence-electron chi connectivity index (χ3n) is 4.72. The van der Waals surface area contributed by atoms with Crippen molar-refractivity contribution in [3.8, 4) is 0 Å². The fourth-order valence-corrected chi connectivity index (χ4v) is 2.88. The highest BCUT2D eigenvalue weighted by Gasteiger charge is 2.30. The summed E-state index contributed by atoms with van der Waals surface area (Å²) in [6.07, 6.45) is -1.75. The van der Waals surface area contributed by atoms with E-state index in [4.69, 9.17) is 15.9 Å². The van der Waals surface area contributed by atoms with Gasteiger partial charge in [-0.05, 0) is 12.0 Å². The average molecular weight is 496 g/mol. The highest BCUT2D eigenvalue weighted by Crippen LogP contribution is 2.05. The van der Waals surface area contributed by atoms with Gasteiger partial charge in [-0.3, -0.25) is 24.0 Å². The smallest absolute Gasteiger partial charge is 0.326 e. The SMILES string of the molecule is NC(CC(=O)O)C(=O)NC(Cc1ccccc1)C(=O)NC(CO)C(=O)NC(CCC(=O)O)C(=O)O. The fraction of sp³-hybridized carbons (Fsp3) is 0.429. The van der Waals surface area contributed by atoms with Crippen LogP contribution in [0.5, 0.6) is 0 Å². The molecule has 0 spiro atoms. The van der Waals surface area contributed by atoms with E-state index in [0.717, 1.165) is 0 Å². The zero-order valence-corrected chi connectivity index (χ0v) is 18.5. The Labute approximate surface area is 199 Å². The van der Waals surface area contributed by atoms with Crippen molar-refractivity contribution in [2.24, 2.45) is 5.73 Å². The van der Waals surface area contributed by atoms with E-state index in [1.54, 1.807) is 30.3 Å². The first-order chi connectivity index (χ1) is 16.4. The Kier molecular flexibility index (Phi) is 11.8. The molecule has 0 saturated heterocycles. The third-order valence-corrected chi connectivity index (χ3v) is 4.72. The van der Waals surface area contributed by atoms with Crippen LogP contribution in [0.1, 0.15) is 24.8 Å². The maximum absolute atomic E-state index is 12.9. The minimum Gasteiger partial charge on any atom is -0.481 e. The summed E-state index contributed by atoms with van der Waals surface area (Å²) >= 11 is 0. The fourth-order valence-electron chi connectivity index (χ4n) is 2.88. The summed E-state index contributed by atoms with van der Waals surface area (Å²) in [6, 6.07) is 2.38. The first-order valence-electron chi connectivity index (χ1n) is 10.4. The van der Waals surface area contributed by atoms with E-state index in [1.807, 2.05) is 5.32 Å². The maximum Gasteiger partial charge on any atom is 0.326 e. The van der Waals surface area contributed by atoms with Crippen molar-refractivity contribution < 1.29 is 49.2 Å². The van der Waals surface area contributed by atoms with E-state index in [-0.39, 0.29) is 6.42 Å². The van der Waals surface area contributed by atoms with Gasteiger partial charge in [0.1, 0.15) is 18.1 Å². The summed E-state index contributed by atoms with van der Waals surface area (Å²) in [5.41, 5.74) is 6.14. The largest absolute Gasteiger partial charge is 0.481 e. The predicted octanol–water partition coefficient (Wildman–Crippen LogP) is -2.57. The van der Waals surface area contributed by atoms with Gasteiger partial charge in [0.05, 0.1) is 19.1 Å². The molecular weight excluding hydrogens is 468 g/mol. The molecule has 0 radical (unpaired) electrons. The van der Waals surface area contributed by atoms with Gasteiger partial charge in [-0.15, -0.1) is 0 Å². The van der Waals surface area contributed by atoms with Crippen LogP contribution >= 0.6 is 0 Å². The minimum absolute atomic E-state index is 0.0751. The molecule has 0 saturated carbocycles. The van der Waals surface area contributed by atoms with Crippen LogP contribution in [0.3, 0.4) is 0 Å². The van der Waals surface area contributed by atoms with Crippen molar-refractivity contribution in [2.75, 3.05) is 6.61 Å². The van der Waals surface area contributed by atoms with Gasteiger partial charge in [0.2, 0.25) is 17.7 Å². The molecule has 0 aromatic heterocycles. The van der Waals surface area contributed by atoms with Crippen LogP contribution in [-0.2, 0) is 35.2 Å². The average Bonchev–Trinajstić information content (AvgIpc) is 2.79. The number of carbonyl (C=O) groups is 6. The molecule has 1 aromatic carbocycles. The number of nitrogens with one attached hydrogen (secondary N) is 3. The number of carboxylic acids is 3. The molecule has 0 heterocycles. The van der Waals surface area contributed by atoms with Crippen molar-refractivity contribution in [3.05, 3.63) is 35.9 Å². The number of benzene rings is 1. The summed E-state index contributed by atoms with van der Waals surface area (Å²) < 4.78 is 0. The Balaban J connectivity index is 2.97. The second-order valence-electron chi connectivity index (χ2n) is 7.53. The number of aliphatic carboxylic acids is 3. The second-order valence-corrected chi connectivity index (χ2v) is 7.53. The summed E-state index contributed by atoms with van der Waals surface area (Å²) in [7, 11) is 0. The Morgan fingerprint density at radius 1 is 0.771 bits per heavy atom. The first kappa shape index (κ1) is 29.0. The van der Waals surface area contributed by atoms with Crippen molar-refractivity contribution in [1.29, 1.82) is 0 Å². The molecule has 192 valence electrons. The van der Waals surface area contributed by atoms with E-state index in [1.165, 1.54) is 0 Å². The number of aliphatic hydroxyl groups is 1. The molecule has 0 aliphatic heterocycles. The zero-order chi connectivity index (χ0) is 26.5. The van der Waals surface area contributed by atoms with Gasteiger partial charge in [-0.25, -0.2) is 4.79 Å². The molecule has 3 amide bonds. The lowest BCUT2D eigenvalue weighted by Gasteiger charge is -2.24. The number of amides is 3. The molecule has 0 bridgehead atoms. The van der Waals surface area contributed by atoms with Gasteiger partial charge in [-0.1, -0.05) is 30.3 Å². The van der Waals surface area contributed by atoms with E-state index >= 15 is 0 Å². The van der Waals surface area contributed by atoms with Crippen LogP contribution in [0.25, 0.3) is 0 Å². The number of rotatable bonds is 15. The van der Waals surface area contributed by atoms with E-state index in [2.05, 4.69) is 10.6 Å². The maximum atomic E-state index is 12.9. The minimum atomic E-state index is -1.63. The van der Waals surface area contributed by atoms with Gasteiger partial charge < -0.3 is 42.1 Å². The molecule has 0 aliphatic carbocycles. The first-order valence-corrected chi connectivity index (χ1v) is 10.4. The number of carboxylic acid groups (broad SMARTS) is 3. The van der Waals surface area contributed by atoms with E-state index in [0.29, 0.717) is 5.56 Å². The molecule has 0 fully saturated rings. The topological polar surface area (TPSA) is 245 Å². The number of nitrogens with two attached hydrogens (primary N) is 1. The summed E-state index contributed by atoms with van der Waals surface area (Å²) in [5, 5.41) is 42.8. The molecule has 1 aromatic rings. The zero-order valence-electron chi connectivity index (χ0n) is 18.5. The van der Waals surface area contributed by atoms with Gasteiger partial charge in [0.15, 0.2) is 0 Å². The number of hydrogen-bond acceptors (Lipinski definition) is 8. The van der Waals surface area contributed by atoms with Gasteiger partial charge in [-0.2, -0.15) is 0 Å². The van der Waals surface area contributed by atoms with Crippen LogP contribution < -0.4 is 21.7 Å². The predicted molar refractivity (Wildman–Crippen MR) is 118 cm³/mol. The normalized spacial score (nSPS) is 14.0. The molecule has 4 unspecified atom stereocenters. The summed E-state index contributed by atoms with van der Waals surface area (Å²) in [6.45, 7) is -0.937. The monoisotopic (exact) mass is 496 g/mol. The molecule has 35 heavy (non-hydrogen) atoms. The lowest BCUT2D eigenvalue weighted by Crippen LogP contribution is -2.58. The van der Waals surface area contributed by atoms with Crippen molar-refractivity contribution in [3.63, 3.8) is 0 Å².